The molecule has 0 aliphatic carbocycles. The molecule has 0 radical (unpaired) electrons. The van der Waals surface area contributed by atoms with Gasteiger partial charge in [-0.05, 0) is 38.5 Å². The summed E-state index contributed by atoms with van der Waals surface area (Å²) in [5.41, 5.74) is 5.04. The van der Waals surface area contributed by atoms with Gasteiger partial charge >= 0.3 is 0 Å². The molecule has 9 heteroatoms. The van der Waals surface area contributed by atoms with Crippen molar-refractivity contribution in [1.82, 2.24) is 29.5 Å². The van der Waals surface area contributed by atoms with E-state index in [0.717, 1.165) is 28.2 Å². The summed E-state index contributed by atoms with van der Waals surface area (Å²) in [6.45, 7) is 5.77. The van der Waals surface area contributed by atoms with Crippen molar-refractivity contribution >= 4 is 11.4 Å². The van der Waals surface area contributed by atoms with Gasteiger partial charge in [-0.25, -0.2) is 14.5 Å². The van der Waals surface area contributed by atoms with E-state index < -0.39 is 12.1 Å². The van der Waals surface area contributed by atoms with Crippen molar-refractivity contribution in [3.8, 4) is 0 Å². The molecule has 0 saturated heterocycles. The van der Waals surface area contributed by atoms with Crippen molar-refractivity contribution in [2.45, 2.75) is 39.3 Å². The lowest BCUT2D eigenvalue weighted by Gasteiger charge is -2.33. The molecule has 1 unspecified atom stereocenters. The Morgan fingerprint density at radius 1 is 1.40 bits per heavy atom. The summed E-state index contributed by atoms with van der Waals surface area (Å²) in [6, 6.07) is 5.52. The number of rotatable bonds is 3. The number of aryl methyl sites for hydroxylation is 2. The largest absolute Gasteiger partial charge is 0.432 e. The second kappa shape index (κ2) is 6.81. The highest BCUT2D eigenvalue weighted by Gasteiger charge is 2.38. The second-order valence-corrected chi connectivity index (χ2v) is 7.65. The smallest absolute Gasteiger partial charge is 0.292 e. The maximum Gasteiger partial charge on any atom is 0.292 e. The zero-order chi connectivity index (χ0) is 21.0. The van der Waals surface area contributed by atoms with Gasteiger partial charge in [0.15, 0.2) is 0 Å². The molecule has 5 heterocycles. The van der Waals surface area contributed by atoms with Crippen molar-refractivity contribution in [1.29, 1.82) is 0 Å². The molecule has 30 heavy (non-hydrogen) atoms. The second-order valence-electron chi connectivity index (χ2n) is 7.65. The number of H-pyrrole nitrogens is 1. The summed E-state index contributed by atoms with van der Waals surface area (Å²) < 4.78 is 7.44. The van der Waals surface area contributed by atoms with Crippen LogP contribution in [0, 0.1) is 13.8 Å². The predicted octanol–water partition coefficient (Wildman–Crippen LogP) is 2.50. The Morgan fingerprint density at radius 2 is 2.23 bits per heavy atom. The SMILES string of the molecule is Cc1nc(C(C)O)oc1C(=O)N1CCc2[nH]cnc2[C@H]1c1cc2c(C)cccn2n1. The Kier molecular flexibility index (Phi) is 4.21. The highest BCUT2D eigenvalue weighted by atomic mass is 16.4. The zero-order valence-electron chi connectivity index (χ0n) is 17.0. The van der Waals surface area contributed by atoms with Crippen molar-refractivity contribution < 1.29 is 14.3 Å². The van der Waals surface area contributed by atoms with E-state index in [1.165, 1.54) is 0 Å². The normalized spacial score (nSPS) is 17.3. The van der Waals surface area contributed by atoms with Crippen LogP contribution < -0.4 is 0 Å². The average molecular weight is 406 g/mol. The molecule has 5 rings (SSSR count). The minimum absolute atomic E-state index is 0.133. The maximum atomic E-state index is 13.5. The lowest BCUT2D eigenvalue weighted by molar-refractivity contribution is 0.0644. The van der Waals surface area contributed by atoms with Crippen LogP contribution in [0.5, 0.6) is 0 Å². The van der Waals surface area contributed by atoms with E-state index in [1.54, 1.807) is 25.1 Å². The van der Waals surface area contributed by atoms with E-state index in [4.69, 9.17) is 9.52 Å². The lowest BCUT2D eigenvalue weighted by atomic mass is 9.99. The Morgan fingerprint density at radius 3 is 2.97 bits per heavy atom. The summed E-state index contributed by atoms with van der Waals surface area (Å²) in [5, 5.41) is 14.5. The summed E-state index contributed by atoms with van der Waals surface area (Å²) in [6.07, 6.45) is 3.31. The highest BCUT2D eigenvalue weighted by molar-refractivity contribution is 5.93. The topological polar surface area (TPSA) is 113 Å². The van der Waals surface area contributed by atoms with Crippen LogP contribution in [0.3, 0.4) is 0 Å². The Bertz CT molecular complexity index is 1250. The minimum atomic E-state index is -0.887. The van der Waals surface area contributed by atoms with Crippen LogP contribution in [0.4, 0.5) is 0 Å². The average Bonchev–Trinajstić information content (AvgIpc) is 3.44. The fourth-order valence-electron chi connectivity index (χ4n) is 4.03. The standard InChI is InChI=1S/C21H22N6O3/c1-11-5-4-7-27-16(11)9-15(25-27)18-17-14(22-10-23-17)6-8-26(18)21(29)19-12(2)24-20(30-19)13(3)28/h4-5,7,9-10,13,18,28H,6,8H2,1-3H3,(H,22,23)/t13?,18-/m1/s1. The number of imidazole rings is 1. The molecule has 0 saturated carbocycles. The molecule has 2 atom stereocenters. The third-order valence-electron chi connectivity index (χ3n) is 5.56. The number of aliphatic hydroxyl groups is 1. The van der Waals surface area contributed by atoms with Crippen LogP contribution in [0.1, 0.15) is 63.9 Å². The fraction of sp³-hybridized carbons (Fsp3) is 0.333. The highest BCUT2D eigenvalue weighted by Crippen LogP contribution is 2.35. The van der Waals surface area contributed by atoms with E-state index in [2.05, 4.69) is 15.0 Å². The number of pyridine rings is 1. The molecule has 4 aromatic heterocycles. The molecule has 1 amide bonds. The van der Waals surface area contributed by atoms with Crippen LogP contribution in [0.15, 0.2) is 35.1 Å². The molecule has 1 aliphatic rings. The van der Waals surface area contributed by atoms with Gasteiger partial charge in [-0.15, -0.1) is 0 Å². The first-order valence-corrected chi connectivity index (χ1v) is 9.87. The number of amides is 1. The van der Waals surface area contributed by atoms with Crippen molar-refractivity contribution in [2.24, 2.45) is 0 Å². The maximum absolute atomic E-state index is 13.5. The number of aromatic nitrogens is 5. The van der Waals surface area contributed by atoms with Crippen LogP contribution in [-0.4, -0.2) is 47.0 Å². The molecule has 154 valence electrons. The van der Waals surface area contributed by atoms with Gasteiger partial charge in [-0.1, -0.05) is 6.07 Å². The van der Waals surface area contributed by atoms with Gasteiger partial charge in [-0.3, -0.25) is 4.79 Å². The van der Waals surface area contributed by atoms with E-state index >= 15 is 0 Å². The summed E-state index contributed by atoms with van der Waals surface area (Å²) >= 11 is 0. The van der Waals surface area contributed by atoms with Gasteiger partial charge in [0.1, 0.15) is 12.1 Å². The van der Waals surface area contributed by atoms with Crippen LogP contribution in [-0.2, 0) is 6.42 Å². The molecule has 4 aromatic rings. The van der Waals surface area contributed by atoms with E-state index in [9.17, 15) is 9.90 Å². The number of oxazole rings is 1. The number of carbonyl (C=O) groups is 1. The van der Waals surface area contributed by atoms with E-state index in [1.807, 2.05) is 35.8 Å². The van der Waals surface area contributed by atoms with Gasteiger partial charge in [0, 0.05) is 24.9 Å². The number of carbonyl (C=O) groups excluding carboxylic acids is 1. The Hall–Kier alpha value is -3.46. The third kappa shape index (κ3) is 2.81. The van der Waals surface area contributed by atoms with Crippen molar-refractivity contribution in [3.63, 3.8) is 0 Å². The van der Waals surface area contributed by atoms with Crippen molar-refractivity contribution in [2.75, 3.05) is 6.54 Å². The number of nitrogens with zero attached hydrogens (tertiary/aromatic N) is 5. The lowest BCUT2D eigenvalue weighted by Crippen LogP contribution is -2.41. The molecule has 0 spiro atoms. The summed E-state index contributed by atoms with van der Waals surface area (Å²) in [5.74, 6) is -0.0256. The summed E-state index contributed by atoms with van der Waals surface area (Å²) in [4.78, 5) is 27.1. The molecule has 9 nitrogen and oxygen atoms in total. The number of fused-ring (bicyclic) bond motifs is 2. The number of aliphatic hydroxyl groups excluding tert-OH is 1. The van der Waals surface area contributed by atoms with E-state index in [0.29, 0.717) is 18.7 Å². The molecular formula is C21H22N6O3. The number of hydrogen-bond donors (Lipinski definition) is 2. The van der Waals surface area contributed by atoms with E-state index in [-0.39, 0.29) is 17.6 Å². The monoisotopic (exact) mass is 406 g/mol. The van der Waals surface area contributed by atoms with Crippen LogP contribution in [0.2, 0.25) is 0 Å². The molecule has 0 fully saturated rings. The van der Waals surface area contributed by atoms with Crippen molar-refractivity contribution in [3.05, 3.63) is 70.7 Å². The quantitative estimate of drug-likeness (QED) is 0.541. The first-order valence-electron chi connectivity index (χ1n) is 9.87. The first kappa shape index (κ1) is 18.6. The van der Waals surface area contributed by atoms with Crippen LogP contribution >= 0.6 is 0 Å². The Labute approximate surface area is 172 Å². The third-order valence-corrected chi connectivity index (χ3v) is 5.56. The predicted molar refractivity (Wildman–Crippen MR) is 107 cm³/mol. The van der Waals surface area contributed by atoms with Gasteiger partial charge in [-0.2, -0.15) is 5.10 Å². The number of aromatic amines is 1. The molecule has 2 N–H and O–H groups in total. The first-order chi connectivity index (χ1) is 14.4. The zero-order valence-corrected chi connectivity index (χ0v) is 17.0. The minimum Gasteiger partial charge on any atom is -0.432 e. The number of hydrogen-bond acceptors (Lipinski definition) is 6. The van der Waals surface area contributed by atoms with Gasteiger partial charge < -0.3 is 19.4 Å². The van der Waals surface area contributed by atoms with Crippen LogP contribution in [0.25, 0.3) is 5.52 Å². The Balaban J connectivity index is 1.62. The van der Waals surface area contributed by atoms with Gasteiger partial charge in [0.2, 0.25) is 11.7 Å². The van der Waals surface area contributed by atoms with Gasteiger partial charge in [0.25, 0.3) is 5.91 Å². The molecule has 1 aliphatic heterocycles. The van der Waals surface area contributed by atoms with Gasteiger partial charge in [0.05, 0.1) is 28.9 Å². The summed E-state index contributed by atoms with van der Waals surface area (Å²) in [7, 11) is 0. The molecule has 0 aromatic carbocycles. The fourth-order valence-corrected chi connectivity index (χ4v) is 4.03. The molecule has 0 bridgehead atoms. The molecular weight excluding hydrogens is 384 g/mol. The number of nitrogens with one attached hydrogen (secondary N) is 1.